The molecular formula is C50H64N14O13S3. The number of benzene rings is 2. The van der Waals surface area contributed by atoms with Gasteiger partial charge in [0.25, 0.3) is 21.8 Å². The summed E-state index contributed by atoms with van der Waals surface area (Å²) in [7, 11) is 2.38. The first kappa shape index (κ1) is 65.8. The van der Waals surface area contributed by atoms with Crippen molar-refractivity contribution in [2.24, 2.45) is 15.4 Å². The van der Waals surface area contributed by atoms with Crippen LogP contribution in [0.15, 0.2) is 107 Å². The lowest BCUT2D eigenvalue weighted by Gasteiger charge is -2.21. The number of nitrogens with two attached hydrogens (primary N) is 2. The van der Waals surface area contributed by atoms with E-state index in [0.717, 1.165) is 27.8 Å². The summed E-state index contributed by atoms with van der Waals surface area (Å²) < 4.78 is 89.4. The number of nitrogen functional groups attached to an aromatic ring is 1. The van der Waals surface area contributed by atoms with Gasteiger partial charge in [0.05, 0.1) is 47.9 Å². The maximum Gasteiger partial charge on any atom is 0.288 e. The Balaban J connectivity index is 0.000000339. The van der Waals surface area contributed by atoms with Crippen molar-refractivity contribution in [2.75, 3.05) is 55.1 Å². The lowest BCUT2D eigenvalue weighted by molar-refractivity contribution is 0.0933. The Hall–Kier alpha value is -8.47. The molecule has 2 amide bonds. The van der Waals surface area contributed by atoms with Crippen LogP contribution < -0.4 is 61.0 Å². The van der Waals surface area contributed by atoms with Crippen molar-refractivity contribution in [2.45, 2.75) is 62.0 Å². The van der Waals surface area contributed by atoms with Gasteiger partial charge in [0.2, 0.25) is 27.7 Å². The predicted octanol–water partition coefficient (Wildman–Crippen LogP) is 4.55. The van der Waals surface area contributed by atoms with Gasteiger partial charge in [-0.1, -0.05) is 31.2 Å². The van der Waals surface area contributed by atoms with Crippen molar-refractivity contribution >= 4 is 55.3 Å². The number of carbonyl (C=O) groups is 2. The first-order valence-corrected chi connectivity index (χ1v) is 27.3. The number of aryl methyl sites for hydroxylation is 2. The fraction of sp³-hybridized carbons (Fsp3) is 0.320. The maximum absolute atomic E-state index is 13.5. The molecule has 4 atom stereocenters. The van der Waals surface area contributed by atoms with Crippen LogP contribution >= 0.6 is 11.8 Å². The molecule has 0 spiro atoms. The zero-order valence-corrected chi connectivity index (χ0v) is 48.3. The molecule has 0 aliphatic rings. The maximum atomic E-state index is 13.5. The summed E-state index contributed by atoms with van der Waals surface area (Å²) in [6, 6.07) is 19.8. The summed E-state index contributed by atoms with van der Waals surface area (Å²) in [5, 5.41) is 16.5. The van der Waals surface area contributed by atoms with Gasteiger partial charge in [0.1, 0.15) is 67.5 Å². The molecule has 27 nitrogen and oxygen atoms in total. The van der Waals surface area contributed by atoms with E-state index >= 15 is 0 Å². The molecule has 0 radical (unpaired) electrons. The molecule has 4 aromatic heterocycles. The van der Waals surface area contributed by atoms with E-state index in [-0.39, 0.29) is 40.7 Å². The molecule has 0 saturated carbocycles. The number of guanidine groups is 1. The monoisotopic (exact) mass is 1160 g/mol. The highest BCUT2D eigenvalue weighted by molar-refractivity contribution is 8.04. The molecule has 80 heavy (non-hydrogen) atoms. The minimum absolute atomic E-state index is 0.00765. The Labute approximate surface area is 468 Å². The van der Waals surface area contributed by atoms with Crippen LogP contribution in [0.4, 0.5) is 5.69 Å². The number of anilines is 1. The van der Waals surface area contributed by atoms with Crippen molar-refractivity contribution in [1.29, 1.82) is 5.26 Å². The molecule has 430 valence electrons. The molecule has 2 aromatic carbocycles. The molecule has 0 fully saturated rings. The van der Waals surface area contributed by atoms with Crippen LogP contribution in [0.2, 0.25) is 0 Å². The average molecular weight is 1170 g/mol. The number of nitriles is 1. The van der Waals surface area contributed by atoms with Crippen LogP contribution in [-0.2, 0) is 24.8 Å². The number of nitrogens with zero attached hydrogens (tertiary/aromatic N) is 8. The number of methoxy groups -OCH3 is 7. The number of amides is 2. The number of nitrogens with one attached hydrogen (secondary N) is 4. The molecule has 4 heterocycles. The van der Waals surface area contributed by atoms with Crippen molar-refractivity contribution in [3.05, 3.63) is 132 Å². The van der Waals surface area contributed by atoms with E-state index in [2.05, 4.69) is 50.5 Å². The highest BCUT2D eigenvalue weighted by Gasteiger charge is 2.34. The van der Waals surface area contributed by atoms with E-state index in [1.54, 1.807) is 120 Å². The second-order valence-electron chi connectivity index (χ2n) is 16.2. The minimum atomic E-state index is -4.32. The summed E-state index contributed by atoms with van der Waals surface area (Å²) in [6.07, 6.45) is 5.40. The predicted molar refractivity (Wildman–Crippen MR) is 298 cm³/mol. The van der Waals surface area contributed by atoms with Crippen LogP contribution in [0.1, 0.15) is 76.5 Å². The Morgan fingerprint density at radius 3 is 1.48 bits per heavy atom. The number of sulfonamides is 2. The molecule has 30 heteroatoms. The number of para-hydroxylation sites is 1. The number of pyridine rings is 2. The van der Waals surface area contributed by atoms with E-state index in [1.807, 2.05) is 23.8 Å². The average Bonchev–Trinajstić information content (AvgIpc) is 3.51. The quantitative estimate of drug-likeness (QED) is 0.0131. The van der Waals surface area contributed by atoms with Crippen LogP contribution in [-0.4, -0.2) is 125 Å². The smallest absolute Gasteiger partial charge is 0.288 e. The largest absolute Gasteiger partial charge is 0.495 e. The van der Waals surface area contributed by atoms with Gasteiger partial charge in [-0.3, -0.25) is 25.9 Å². The van der Waals surface area contributed by atoms with Crippen LogP contribution in [0.5, 0.6) is 34.8 Å². The van der Waals surface area contributed by atoms with Crippen molar-refractivity contribution in [3.8, 4) is 40.2 Å². The molecule has 0 aliphatic heterocycles. The summed E-state index contributed by atoms with van der Waals surface area (Å²) in [5.74, 6) is 6.36. The molecule has 0 aliphatic carbocycles. The molecule has 6 aromatic rings. The van der Waals surface area contributed by atoms with Gasteiger partial charge in [-0.25, -0.2) is 57.7 Å². The number of hydrazine groups is 2. The highest BCUT2D eigenvalue weighted by Crippen LogP contribution is 2.37. The minimum Gasteiger partial charge on any atom is -0.495 e. The number of carbonyl (C=O) groups excluding carboxylic acids is 2. The molecule has 8 N–H and O–H groups in total. The third kappa shape index (κ3) is 19.8. The van der Waals surface area contributed by atoms with Gasteiger partial charge in [-0.05, 0) is 87.0 Å². The fourth-order valence-electron chi connectivity index (χ4n) is 6.25. The first-order valence-electron chi connectivity index (χ1n) is 23.4. The number of hydrogen-bond donors (Lipinski definition) is 6. The number of ether oxygens (including phenoxy) is 7. The summed E-state index contributed by atoms with van der Waals surface area (Å²) >= 11 is 1.03. The molecule has 0 bridgehead atoms. The van der Waals surface area contributed by atoms with Gasteiger partial charge in [0.15, 0.2) is 5.82 Å². The number of hydrogen-bond acceptors (Lipinski definition) is 22. The molecule has 0 unspecified atom stereocenters. The SMILES string of the molecule is COc1cccc(C(=O)NN)n1.COc1cccc(C(=O)NNC(=NS(=O)(=O)[C@@H](C)[C@H](OC)c2ncc(C)cn2)Nc2c(OC)cccc2OC)n1.COc1cccc(OC)c1SC#N.Cc1cnc([C@@H](C)[C@H](C)S(N)(=O)=O)nc1. The van der Waals surface area contributed by atoms with E-state index < -0.39 is 48.5 Å². The zero-order valence-electron chi connectivity index (χ0n) is 45.8. The van der Waals surface area contributed by atoms with E-state index in [1.165, 1.54) is 48.5 Å². The number of thiocyanates is 1. The lowest BCUT2D eigenvalue weighted by atomic mass is 10.1. The molecule has 0 saturated heterocycles. The Morgan fingerprint density at radius 1 is 0.625 bits per heavy atom. The Morgan fingerprint density at radius 2 is 1.06 bits per heavy atom. The van der Waals surface area contributed by atoms with E-state index in [9.17, 15) is 26.4 Å². The van der Waals surface area contributed by atoms with E-state index in [4.69, 9.17) is 49.4 Å². The topological polar surface area (TPSA) is 381 Å². The normalized spacial score (nSPS) is 12.4. The van der Waals surface area contributed by atoms with Gasteiger partial charge in [-0.2, -0.15) is 5.26 Å². The number of primary sulfonamides is 1. The van der Waals surface area contributed by atoms with Gasteiger partial charge in [-0.15, -0.1) is 4.40 Å². The number of rotatable bonds is 18. The van der Waals surface area contributed by atoms with Crippen molar-refractivity contribution in [1.82, 2.24) is 46.2 Å². The van der Waals surface area contributed by atoms with Crippen molar-refractivity contribution in [3.63, 3.8) is 0 Å². The summed E-state index contributed by atoms with van der Waals surface area (Å²) in [4.78, 5) is 48.9. The Bertz CT molecular complexity index is 3220. The highest BCUT2D eigenvalue weighted by atomic mass is 32.2. The van der Waals surface area contributed by atoms with Crippen LogP contribution in [0.25, 0.3) is 0 Å². The third-order valence-corrected chi connectivity index (χ3v) is 14.6. The van der Waals surface area contributed by atoms with Gasteiger partial charge >= 0.3 is 0 Å². The Kier molecular flexibility index (Phi) is 26.7. The van der Waals surface area contributed by atoms with Crippen LogP contribution in [0, 0.1) is 24.5 Å². The van der Waals surface area contributed by atoms with E-state index in [0.29, 0.717) is 34.7 Å². The molecule has 6 rings (SSSR count). The van der Waals surface area contributed by atoms with Gasteiger partial charge in [0, 0.05) is 49.9 Å². The zero-order chi connectivity index (χ0) is 59.6. The van der Waals surface area contributed by atoms with Crippen molar-refractivity contribution < 1.29 is 59.6 Å². The number of aromatic nitrogens is 6. The second kappa shape index (κ2) is 32.4. The van der Waals surface area contributed by atoms with Gasteiger partial charge < -0.3 is 38.5 Å². The van der Waals surface area contributed by atoms with Crippen LogP contribution in [0.3, 0.4) is 0 Å². The standard InChI is InChI=1S/C25H31N7O7S.C9H15N3O2S.C9H9NO2S.C7H9N3O2/c1-15-13-26-23(27-14-15)22(39-6)16(2)40(34,35)32-25(29-21-18(36-3)10-8-11-19(21)37-4)31-30-24(33)17-9-7-12-20(28-17)38-5;1-6-4-11-9(12-5-6)7(2)8(3)15(10,13)14;1-11-7-4-3-5-8(12-2)9(7)13-6-10;1-12-6-4-2-3-5(9-6)7(11)10-8/h7-14,16,22H,1-6H3,(H,30,33)(H2,29,31,32);4-5,7-8H,1-3H3,(H2,10,13,14);3-5H,1-2H3;2-4H,8H2,1H3,(H,10,11)/t16-,22-;7-,8-;;/m00../s1. The first-order chi connectivity index (χ1) is 38.1. The summed E-state index contributed by atoms with van der Waals surface area (Å²) in [6.45, 7) is 8.40. The second-order valence-corrected chi connectivity index (χ2v) is 20.8. The summed E-state index contributed by atoms with van der Waals surface area (Å²) in [5.41, 5.74) is 9.11. The lowest BCUT2D eigenvalue weighted by Crippen LogP contribution is -2.46. The number of thioether (sulfide) groups is 1. The third-order valence-electron chi connectivity index (χ3n) is 10.8. The molecular weight excluding hydrogens is 1100 g/mol. The fourth-order valence-corrected chi connectivity index (χ4v) is 8.60.